The minimum Gasteiger partial charge on any atom is -0.395 e. The molecule has 0 bridgehead atoms. The monoisotopic (exact) mass is 253 g/mol. The van der Waals surface area contributed by atoms with Gasteiger partial charge in [0.05, 0.1) is 6.61 Å². The van der Waals surface area contributed by atoms with E-state index >= 15 is 0 Å². The molecule has 2 saturated carbocycles. The fraction of sp³-hybridized carbons (Fsp3) is 0.933. The third kappa shape index (κ3) is 2.71. The van der Waals surface area contributed by atoms with Crippen molar-refractivity contribution in [2.45, 2.75) is 58.4 Å². The van der Waals surface area contributed by atoms with Gasteiger partial charge in [0.15, 0.2) is 0 Å². The van der Waals surface area contributed by atoms with Crippen molar-refractivity contribution < 1.29 is 9.90 Å². The van der Waals surface area contributed by atoms with Crippen LogP contribution in [0.1, 0.15) is 52.4 Å². The van der Waals surface area contributed by atoms with Crippen LogP contribution in [0.15, 0.2) is 0 Å². The van der Waals surface area contributed by atoms with E-state index in [1.807, 2.05) is 18.7 Å². The number of hydrogen-bond donors (Lipinski definition) is 1. The molecule has 0 aromatic rings. The highest BCUT2D eigenvalue weighted by molar-refractivity contribution is 5.80. The quantitative estimate of drug-likeness (QED) is 0.790. The molecule has 0 atom stereocenters. The first kappa shape index (κ1) is 13.9. The number of carbonyl (C=O) groups is 1. The van der Waals surface area contributed by atoms with Crippen LogP contribution in [-0.4, -0.2) is 35.1 Å². The van der Waals surface area contributed by atoms with E-state index in [4.69, 9.17) is 5.11 Å². The Morgan fingerprint density at radius 1 is 1.17 bits per heavy atom. The third-order valence-corrected chi connectivity index (χ3v) is 4.85. The Bertz CT molecular complexity index is 268. The highest BCUT2D eigenvalue weighted by Gasteiger charge is 2.42. The van der Waals surface area contributed by atoms with E-state index in [1.165, 1.54) is 38.5 Å². The normalized spacial score (nSPS) is 20.9. The molecule has 3 heteroatoms. The van der Waals surface area contributed by atoms with Crippen molar-refractivity contribution in [1.82, 2.24) is 4.90 Å². The maximum atomic E-state index is 12.8. The topological polar surface area (TPSA) is 40.5 Å². The highest BCUT2D eigenvalue weighted by atomic mass is 16.3. The molecule has 2 aliphatic carbocycles. The number of aliphatic hydroxyl groups is 1. The van der Waals surface area contributed by atoms with Gasteiger partial charge >= 0.3 is 0 Å². The maximum absolute atomic E-state index is 12.8. The van der Waals surface area contributed by atoms with Gasteiger partial charge in [-0.3, -0.25) is 4.79 Å². The Morgan fingerprint density at radius 3 is 1.94 bits per heavy atom. The summed E-state index contributed by atoms with van der Waals surface area (Å²) in [6.07, 6.45) is 7.53. The molecule has 0 radical (unpaired) electrons. The predicted molar refractivity (Wildman–Crippen MR) is 72.1 cm³/mol. The van der Waals surface area contributed by atoms with Crippen molar-refractivity contribution >= 4 is 5.91 Å². The van der Waals surface area contributed by atoms with Crippen LogP contribution in [0.2, 0.25) is 0 Å². The summed E-state index contributed by atoms with van der Waals surface area (Å²) in [5, 5.41) is 9.14. The minimum absolute atomic E-state index is 0.0754. The Hall–Kier alpha value is -0.570. The van der Waals surface area contributed by atoms with Crippen LogP contribution >= 0.6 is 0 Å². The van der Waals surface area contributed by atoms with Gasteiger partial charge in [-0.2, -0.15) is 0 Å². The van der Waals surface area contributed by atoms with Crippen LogP contribution in [0.3, 0.4) is 0 Å². The molecule has 0 heterocycles. The van der Waals surface area contributed by atoms with Gasteiger partial charge in [0, 0.05) is 18.5 Å². The summed E-state index contributed by atoms with van der Waals surface area (Å²) in [5.41, 5.74) is 0. The van der Waals surface area contributed by atoms with E-state index in [-0.39, 0.29) is 18.6 Å². The molecule has 2 fully saturated rings. The fourth-order valence-electron chi connectivity index (χ4n) is 3.31. The molecule has 3 nitrogen and oxygen atoms in total. The average Bonchev–Trinajstić information content (AvgIpc) is 2.18. The molecule has 0 saturated heterocycles. The number of carbonyl (C=O) groups excluding carboxylic acids is 1. The summed E-state index contributed by atoms with van der Waals surface area (Å²) in [5.74, 6) is 1.82. The summed E-state index contributed by atoms with van der Waals surface area (Å²) in [6, 6.07) is 0.201. The van der Waals surface area contributed by atoms with Gasteiger partial charge in [0.25, 0.3) is 0 Å². The number of rotatable bonds is 6. The fourth-order valence-corrected chi connectivity index (χ4v) is 3.31. The molecule has 0 unspecified atom stereocenters. The van der Waals surface area contributed by atoms with E-state index < -0.39 is 0 Å². The van der Waals surface area contributed by atoms with Gasteiger partial charge in [-0.15, -0.1) is 0 Å². The molecule has 104 valence electrons. The van der Waals surface area contributed by atoms with E-state index in [2.05, 4.69) is 0 Å². The summed E-state index contributed by atoms with van der Waals surface area (Å²) in [6.45, 7) is 4.66. The first-order valence-corrected chi connectivity index (χ1v) is 7.56. The van der Waals surface area contributed by atoms with Crippen LogP contribution in [0, 0.1) is 17.8 Å². The van der Waals surface area contributed by atoms with Gasteiger partial charge in [0.2, 0.25) is 5.91 Å². The third-order valence-electron chi connectivity index (χ3n) is 4.85. The van der Waals surface area contributed by atoms with Gasteiger partial charge in [-0.05, 0) is 51.4 Å². The molecule has 1 amide bonds. The molecule has 2 rings (SSSR count). The van der Waals surface area contributed by atoms with E-state index in [0.717, 1.165) is 0 Å². The summed E-state index contributed by atoms with van der Waals surface area (Å²) >= 11 is 0. The molecule has 1 N–H and O–H groups in total. The first-order chi connectivity index (χ1) is 8.65. The van der Waals surface area contributed by atoms with Crippen molar-refractivity contribution in [3.8, 4) is 0 Å². The number of aliphatic hydroxyl groups excluding tert-OH is 1. The van der Waals surface area contributed by atoms with Crippen molar-refractivity contribution in [3.05, 3.63) is 0 Å². The lowest BCUT2D eigenvalue weighted by atomic mass is 9.64. The minimum atomic E-state index is 0.0754. The second-order valence-electron chi connectivity index (χ2n) is 6.26. The second kappa shape index (κ2) is 6.05. The number of nitrogens with zero attached hydrogens (tertiary/aromatic N) is 1. The molecule has 2 aliphatic rings. The molecule has 0 aliphatic heterocycles. The van der Waals surface area contributed by atoms with Crippen molar-refractivity contribution in [2.24, 2.45) is 17.8 Å². The Kier molecular flexibility index (Phi) is 4.66. The molecule has 18 heavy (non-hydrogen) atoms. The zero-order chi connectivity index (χ0) is 13.1. The summed E-state index contributed by atoms with van der Waals surface area (Å²) in [7, 11) is 0. The zero-order valence-electron chi connectivity index (χ0n) is 11.8. The Balaban J connectivity index is 2.05. The van der Waals surface area contributed by atoms with Crippen LogP contribution in [0.5, 0.6) is 0 Å². The van der Waals surface area contributed by atoms with Crippen molar-refractivity contribution in [2.75, 3.05) is 13.2 Å². The first-order valence-electron chi connectivity index (χ1n) is 7.56. The lowest BCUT2D eigenvalue weighted by Crippen LogP contribution is -2.49. The van der Waals surface area contributed by atoms with Gasteiger partial charge in [-0.1, -0.05) is 12.8 Å². The predicted octanol–water partition coefficient (Wildman–Crippen LogP) is 2.43. The molecular weight excluding hydrogens is 226 g/mol. The highest BCUT2D eigenvalue weighted by Crippen LogP contribution is 2.45. The van der Waals surface area contributed by atoms with Crippen molar-refractivity contribution in [3.63, 3.8) is 0 Å². The summed E-state index contributed by atoms with van der Waals surface area (Å²) < 4.78 is 0. The van der Waals surface area contributed by atoms with Crippen LogP contribution in [-0.2, 0) is 4.79 Å². The standard InChI is InChI=1S/C15H27NO2/c1-11(2)16(9-10-17)15(18)14(12-5-3-6-12)13-7-4-8-13/h11-14,17H,3-10H2,1-2H3. The number of hydrogen-bond acceptors (Lipinski definition) is 2. The zero-order valence-corrected chi connectivity index (χ0v) is 11.8. The smallest absolute Gasteiger partial charge is 0.226 e. The molecule has 0 spiro atoms. The van der Waals surface area contributed by atoms with E-state index in [9.17, 15) is 4.79 Å². The Labute approximate surface area is 111 Å². The van der Waals surface area contributed by atoms with Gasteiger partial charge < -0.3 is 10.0 Å². The summed E-state index contributed by atoms with van der Waals surface area (Å²) in [4.78, 5) is 14.6. The van der Waals surface area contributed by atoms with E-state index in [1.54, 1.807) is 0 Å². The van der Waals surface area contributed by atoms with E-state index in [0.29, 0.717) is 24.3 Å². The van der Waals surface area contributed by atoms with Gasteiger partial charge in [-0.25, -0.2) is 0 Å². The second-order valence-corrected chi connectivity index (χ2v) is 6.26. The molecule has 0 aromatic carbocycles. The average molecular weight is 253 g/mol. The lowest BCUT2D eigenvalue weighted by Gasteiger charge is -2.44. The largest absolute Gasteiger partial charge is 0.395 e. The van der Waals surface area contributed by atoms with Crippen LogP contribution < -0.4 is 0 Å². The van der Waals surface area contributed by atoms with Crippen LogP contribution in [0.4, 0.5) is 0 Å². The number of amides is 1. The SMILES string of the molecule is CC(C)N(CCO)C(=O)C(C1CCC1)C1CCC1. The lowest BCUT2D eigenvalue weighted by molar-refractivity contribution is -0.145. The maximum Gasteiger partial charge on any atom is 0.226 e. The molecule has 0 aromatic heterocycles. The molecular formula is C15H27NO2. The van der Waals surface area contributed by atoms with Crippen LogP contribution in [0.25, 0.3) is 0 Å². The van der Waals surface area contributed by atoms with Crippen molar-refractivity contribution in [1.29, 1.82) is 0 Å². The Morgan fingerprint density at radius 2 is 1.67 bits per heavy atom. The van der Waals surface area contributed by atoms with Gasteiger partial charge in [0.1, 0.15) is 0 Å².